The van der Waals surface area contributed by atoms with Crippen LogP contribution < -0.4 is 5.32 Å². The van der Waals surface area contributed by atoms with Crippen molar-refractivity contribution >= 4 is 33.4 Å². The van der Waals surface area contributed by atoms with Crippen LogP contribution in [0.25, 0.3) is 15.9 Å². The lowest BCUT2D eigenvalue weighted by molar-refractivity contribution is -0.126. The predicted molar refractivity (Wildman–Crippen MR) is 116 cm³/mol. The number of piperidine rings is 1. The van der Waals surface area contributed by atoms with Crippen LogP contribution in [0.5, 0.6) is 0 Å². The number of carbonyl (C=O) groups excluding carboxylic acids is 2. The van der Waals surface area contributed by atoms with E-state index in [1.54, 1.807) is 16.8 Å². The Kier molecular flexibility index (Phi) is 5.85. The highest BCUT2D eigenvalue weighted by molar-refractivity contribution is 7.20. The molecule has 1 fully saturated rings. The minimum Gasteiger partial charge on any atom is -0.356 e. The normalized spacial score (nSPS) is 15.0. The first-order valence-corrected chi connectivity index (χ1v) is 11.1. The summed E-state index contributed by atoms with van der Waals surface area (Å²) in [5.41, 5.74) is 1.59. The van der Waals surface area contributed by atoms with E-state index in [9.17, 15) is 14.0 Å². The number of nitrogens with one attached hydrogen (secondary N) is 1. The van der Waals surface area contributed by atoms with Gasteiger partial charge in [0.15, 0.2) is 0 Å². The molecule has 2 aromatic heterocycles. The van der Waals surface area contributed by atoms with Gasteiger partial charge in [0, 0.05) is 30.9 Å². The Morgan fingerprint density at radius 1 is 1.23 bits per heavy atom. The maximum atomic E-state index is 13.3. The average Bonchev–Trinajstić information content (AvgIpc) is 3.33. The van der Waals surface area contributed by atoms with Gasteiger partial charge in [-0.1, -0.05) is 6.92 Å². The number of rotatable bonds is 5. The van der Waals surface area contributed by atoms with Crippen molar-refractivity contribution < 1.29 is 14.0 Å². The van der Waals surface area contributed by atoms with E-state index in [2.05, 4.69) is 10.4 Å². The number of amides is 2. The monoisotopic (exact) mass is 428 g/mol. The van der Waals surface area contributed by atoms with Crippen LogP contribution in [0.1, 0.15) is 41.6 Å². The third-order valence-corrected chi connectivity index (χ3v) is 6.63. The molecule has 158 valence electrons. The van der Waals surface area contributed by atoms with Gasteiger partial charge in [-0.25, -0.2) is 9.07 Å². The number of nitrogens with zero attached hydrogens (tertiary/aromatic N) is 3. The number of halogens is 1. The summed E-state index contributed by atoms with van der Waals surface area (Å²) >= 11 is 1.40. The Balaban J connectivity index is 1.50. The van der Waals surface area contributed by atoms with Crippen LogP contribution >= 0.6 is 11.3 Å². The van der Waals surface area contributed by atoms with E-state index in [1.165, 1.54) is 23.5 Å². The summed E-state index contributed by atoms with van der Waals surface area (Å²) in [5.74, 6) is -0.223. The van der Waals surface area contributed by atoms with Crippen molar-refractivity contribution in [3.8, 4) is 5.69 Å². The summed E-state index contributed by atoms with van der Waals surface area (Å²) in [6, 6.07) is 8.05. The number of fused-ring (bicyclic) bond motifs is 1. The second-order valence-corrected chi connectivity index (χ2v) is 8.69. The highest BCUT2D eigenvalue weighted by Gasteiger charge is 2.29. The zero-order valence-electron chi connectivity index (χ0n) is 17.2. The van der Waals surface area contributed by atoms with Crippen LogP contribution in [0.2, 0.25) is 0 Å². The molecule has 0 bridgehead atoms. The zero-order chi connectivity index (χ0) is 21.3. The Labute approximate surface area is 178 Å². The maximum absolute atomic E-state index is 13.3. The van der Waals surface area contributed by atoms with E-state index < -0.39 is 0 Å². The first-order chi connectivity index (χ1) is 14.5. The largest absolute Gasteiger partial charge is 0.356 e. The molecule has 1 aliphatic heterocycles. The van der Waals surface area contributed by atoms with Crippen molar-refractivity contribution in [3.63, 3.8) is 0 Å². The van der Waals surface area contributed by atoms with Crippen LogP contribution in [-0.2, 0) is 4.79 Å². The summed E-state index contributed by atoms with van der Waals surface area (Å²) < 4.78 is 15.0. The van der Waals surface area contributed by atoms with E-state index in [0.29, 0.717) is 37.4 Å². The number of carbonyl (C=O) groups is 2. The van der Waals surface area contributed by atoms with Gasteiger partial charge in [0.2, 0.25) is 5.91 Å². The molecule has 0 spiro atoms. The molecule has 1 aliphatic rings. The van der Waals surface area contributed by atoms with E-state index in [1.807, 2.05) is 24.8 Å². The van der Waals surface area contributed by atoms with Crippen molar-refractivity contribution in [3.05, 3.63) is 46.7 Å². The van der Waals surface area contributed by atoms with Crippen molar-refractivity contribution in [1.82, 2.24) is 20.0 Å². The molecule has 0 aliphatic carbocycles. The second-order valence-electron chi connectivity index (χ2n) is 7.66. The molecule has 0 unspecified atom stereocenters. The lowest BCUT2D eigenvalue weighted by Crippen LogP contribution is -2.43. The first-order valence-electron chi connectivity index (χ1n) is 10.3. The van der Waals surface area contributed by atoms with Crippen LogP contribution in [0.3, 0.4) is 0 Å². The Hall–Kier alpha value is -2.74. The van der Waals surface area contributed by atoms with E-state index >= 15 is 0 Å². The molecule has 0 atom stereocenters. The van der Waals surface area contributed by atoms with E-state index in [4.69, 9.17) is 0 Å². The quantitative estimate of drug-likeness (QED) is 0.670. The molecule has 1 aromatic carbocycles. The van der Waals surface area contributed by atoms with Gasteiger partial charge in [-0.3, -0.25) is 9.59 Å². The number of likely N-dealkylation sites (tertiary alicyclic amines) is 1. The van der Waals surface area contributed by atoms with Crippen LogP contribution in [0.4, 0.5) is 4.39 Å². The fourth-order valence-corrected chi connectivity index (χ4v) is 4.95. The molecule has 1 N–H and O–H groups in total. The highest BCUT2D eigenvalue weighted by atomic mass is 32.1. The number of benzene rings is 1. The number of aryl methyl sites for hydroxylation is 1. The molecule has 0 saturated carbocycles. The first kappa shape index (κ1) is 20.5. The molecule has 1 saturated heterocycles. The molecular formula is C22H25FN4O2S. The van der Waals surface area contributed by atoms with Crippen LogP contribution in [0.15, 0.2) is 30.3 Å². The Morgan fingerprint density at radius 3 is 2.60 bits per heavy atom. The molecular weight excluding hydrogens is 403 g/mol. The van der Waals surface area contributed by atoms with Gasteiger partial charge in [-0.15, -0.1) is 11.3 Å². The minimum absolute atomic E-state index is 0.00586. The topological polar surface area (TPSA) is 67.2 Å². The molecule has 6 nitrogen and oxygen atoms in total. The maximum Gasteiger partial charge on any atom is 0.264 e. The molecule has 3 heterocycles. The van der Waals surface area contributed by atoms with Gasteiger partial charge in [0.1, 0.15) is 10.6 Å². The number of hydrogen-bond donors (Lipinski definition) is 1. The van der Waals surface area contributed by atoms with Crippen molar-refractivity contribution in [2.45, 2.75) is 33.1 Å². The highest BCUT2D eigenvalue weighted by Crippen LogP contribution is 2.32. The molecule has 2 amide bonds. The van der Waals surface area contributed by atoms with Gasteiger partial charge < -0.3 is 10.2 Å². The standard InChI is InChI=1S/C22H25FN4O2S/c1-3-10-24-20(28)15-8-11-26(12-9-15)21(29)19-13-18-14(2)25-27(22(18)30-19)17-6-4-16(23)5-7-17/h4-7,13,15H,3,8-12H2,1-2H3,(H,24,28). The SMILES string of the molecule is CCCNC(=O)C1CCN(C(=O)c2cc3c(C)nn(-c4ccc(F)cc4)c3s2)CC1. The number of hydrogen-bond acceptors (Lipinski definition) is 4. The van der Waals surface area contributed by atoms with Gasteiger partial charge in [0.25, 0.3) is 5.91 Å². The Bertz CT molecular complexity index is 1060. The molecule has 0 radical (unpaired) electrons. The predicted octanol–water partition coefficient (Wildman–Crippen LogP) is 3.91. The molecule has 8 heteroatoms. The van der Waals surface area contributed by atoms with Gasteiger partial charge in [0.05, 0.1) is 16.3 Å². The second kappa shape index (κ2) is 8.55. The van der Waals surface area contributed by atoms with Crippen LogP contribution in [0, 0.1) is 18.7 Å². The summed E-state index contributed by atoms with van der Waals surface area (Å²) in [7, 11) is 0. The Morgan fingerprint density at radius 2 is 1.93 bits per heavy atom. The van der Waals surface area contributed by atoms with E-state index in [-0.39, 0.29) is 23.5 Å². The van der Waals surface area contributed by atoms with Crippen LogP contribution in [-0.4, -0.2) is 46.1 Å². The van der Waals surface area contributed by atoms with Gasteiger partial charge >= 0.3 is 0 Å². The fourth-order valence-electron chi connectivity index (χ4n) is 3.80. The summed E-state index contributed by atoms with van der Waals surface area (Å²) in [4.78, 5) is 28.6. The zero-order valence-corrected chi connectivity index (χ0v) is 18.0. The molecule has 3 aromatic rings. The number of aromatic nitrogens is 2. The third kappa shape index (κ3) is 3.96. The third-order valence-electron chi connectivity index (χ3n) is 5.53. The average molecular weight is 429 g/mol. The summed E-state index contributed by atoms with van der Waals surface area (Å²) in [6.07, 6.45) is 2.30. The number of thiophene rings is 1. The minimum atomic E-state index is -0.298. The van der Waals surface area contributed by atoms with E-state index in [0.717, 1.165) is 28.0 Å². The summed E-state index contributed by atoms with van der Waals surface area (Å²) in [5, 5.41) is 8.43. The van der Waals surface area contributed by atoms with Gasteiger partial charge in [-0.05, 0) is 56.5 Å². The molecule has 30 heavy (non-hydrogen) atoms. The van der Waals surface area contributed by atoms with Gasteiger partial charge in [-0.2, -0.15) is 5.10 Å². The fraction of sp³-hybridized carbons (Fsp3) is 0.409. The van der Waals surface area contributed by atoms with Crippen molar-refractivity contribution in [2.24, 2.45) is 5.92 Å². The summed E-state index contributed by atoms with van der Waals surface area (Å²) in [6.45, 7) is 5.80. The van der Waals surface area contributed by atoms with Crippen molar-refractivity contribution in [2.75, 3.05) is 19.6 Å². The smallest absolute Gasteiger partial charge is 0.264 e. The lowest BCUT2D eigenvalue weighted by atomic mass is 9.95. The lowest BCUT2D eigenvalue weighted by Gasteiger charge is -2.31. The molecule has 4 rings (SSSR count). The van der Waals surface area contributed by atoms with Crippen molar-refractivity contribution in [1.29, 1.82) is 0 Å².